The number of nitrogens with one attached hydrogen (secondary N) is 1. The van der Waals surface area contributed by atoms with Crippen LogP contribution in [0.3, 0.4) is 0 Å². The highest BCUT2D eigenvalue weighted by Crippen LogP contribution is 2.26. The average molecular weight is 378 g/mol. The molecule has 122 valence electrons. The van der Waals surface area contributed by atoms with E-state index in [0.29, 0.717) is 11.4 Å². The van der Waals surface area contributed by atoms with Crippen molar-refractivity contribution in [3.05, 3.63) is 56.7 Å². The summed E-state index contributed by atoms with van der Waals surface area (Å²) in [4.78, 5) is 27.7. The van der Waals surface area contributed by atoms with Crippen LogP contribution in [-0.2, 0) is 11.2 Å². The number of anilines is 1. The molecule has 0 aliphatic carbocycles. The predicted molar refractivity (Wildman–Crippen MR) is 97.7 cm³/mol. The zero-order chi connectivity index (χ0) is 17.1. The lowest BCUT2D eigenvalue weighted by Gasteiger charge is -2.06. The van der Waals surface area contributed by atoms with Crippen molar-refractivity contribution in [1.82, 2.24) is 4.98 Å². The number of primary amides is 1. The largest absolute Gasteiger partial charge is 0.366 e. The molecule has 0 bridgehead atoms. The average Bonchev–Trinajstić information content (AvgIpc) is 3.17. The van der Waals surface area contributed by atoms with Gasteiger partial charge in [-0.3, -0.25) is 9.59 Å². The van der Waals surface area contributed by atoms with Crippen LogP contribution in [0.2, 0.25) is 5.02 Å². The number of halogens is 1. The number of carbonyl (C=O) groups excluding carboxylic acids is 2. The molecular formula is C16H12ClN3O2S2. The monoisotopic (exact) mass is 377 g/mol. The number of hydrogen-bond acceptors (Lipinski definition) is 5. The first kappa shape index (κ1) is 16.6. The van der Waals surface area contributed by atoms with E-state index in [9.17, 15) is 9.59 Å². The van der Waals surface area contributed by atoms with Crippen LogP contribution in [0.1, 0.15) is 16.1 Å². The third-order valence-corrected chi connectivity index (χ3v) is 5.12. The predicted octanol–water partition coefficient (Wildman–Crippen LogP) is 3.81. The van der Waals surface area contributed by atoms with Gasteiger partial charge in [0, 0.05) is 22.0 Å². The minimum atomic E-state index is -0.610. The molecule has 3 N–H and O–H groups in total. The highest BCUT2D eigenvalue weighted by Gasteiger charge is 2.11. The lowest BCUT2D eigenvalue weighted by molar-refractivity contribution is -0.115. The number of rotatable bonds is 5. The number of nitrogens with zero attached hydrogens (tertiary/aromatic N) is 1. The number of amides is 2. The maximum atomic E-state index is 12.1. The van der Waals surface area contributed by atoms with E-state index < -0.39 is 5.91 Å². The Balaban J connectivity index is 1.66. The second-order valence-corrected chi connectivity index (χ2v) is 6.99. The summed E-state index contributed by atoms with van der Waals surface area (Å²) >= 11 is 9.08. The zero-order valence-electron chi connectivity index (χ0n) is 12.3. The van der Waals surface area contributed by atoms with Crippen molar-refractivity contribution in [1.29, 1.82) is 0 Å². The Hall–Kier alpha value is -2.22. The van der Waals surface area contributed by atoms with E-state index in [-0.39, 0.29) is 22.9 Å². The quantitative estimate of drug-likeness (QED) is 0.709. The summed E-state index contributed by atoms with van der Waals surface area (Å²) in [7, 11) is 0. The number of benzene rings is 1. The van der Waals surface area contributed by atoms with E-state index in [4.69, 9.17) is 17.3 Å². The van der Waals surface area contributed by atoms with Gasteiger partial charge in [-0.1, -0.05) is 11.6 Å². The van der Waals surface area contributed by atoms with E-state index in [0.717, 1.165) is 10.6 Å². The fourth-order valence-electron chi connectivity index (χ4n) is 2.07. The van der Waals surface area contributed by atoms with Gasteiger partial charge in [0.25, 0.3) is 0 Å². The molecule has 2 aromatic heterocycles. The molecule has 0 aliphatic heterocycles. The number of thiazole rings is 1. The SMILES string of the molecule is NC(=O)c1ccc(NC(=O)Cc2csc(-c3ccsc3)n2)cc1Cl. The van der Waals surface area contributed by atoms with Crippen LogP contribution >= 0.6 is 34.3 Å². The number of hydrogen-bond donors (Lipinski definition) is 2. The Morgan fingerprint density at radius 1 is 1.25 bits per heavy atom. The maximum Gasteiger partial charge on any atom is 0.250 e. The number of nitrogens with two attached hydrogens (primary N) is 1. The smallest absolute Gasteiger partial charge is 0.250 e. The van der Waals surface area contributed by atoms with E-state index in [2.05, 4.69) is 10.3 Å². The molecule has 3 rings (SSSR count). The first-order chi connectivity index (χ1) is 11.5. The molecule has 0 unspecified atom stereocenters. The lowest BCUT2D eigenvalue weighted by atomic mass is 10.2. The maximum absolute atomic E-state index is 12.1. The van der Waals surface area contributed by atoms with Gasteiger partial charge in [0.2, 0.25) is 11.8 Å². The highest BCUT2D eigenvalue weighted by molar-refractivity contribution is 7.14. The summed E-state index contributed by atoms with van der Waals surface area (Å²) in [5, 5.41) is 9.71. The van der Waals surface area contributed by atoms with Crippen molar-refractivity contribution in [3.63, 3.8) is 0 Å². The summed E-state index contributed by atoms with van der Waals surface area (Å²) in [5.41, 5.74) is 7.68. The summed E-state index contributed by atoms with van der Waals surface area (Å²) in [6.07, 6.45) is 0.163. The molecule has 24 heavy (non-hydrogen) atoms. The molecule has 1 aromatic carbocycles. The molecule has 0 saturated heterocycles. The van der Waals surface area contributed by atoms with Crippen molar-refractivity contribution in [3.8, 4) is 10.6 Å². The van der Waals surface area contributed by atoms with Gasteiger partial charge in [0.1, 0.15) is 5.01 Å². The zero-order valence-corrected chi connectivity index (χ0v) is 14.7. The summed E-state index contributed by atoms with van der Waals surface area (Å²) in [5.74, 6) is -0.818. The molecule has 0 saturated carbocycles. The lowest BCUT2D eigenvalue weighted by Crippen LogP contribution is -2.15. The van der Waals surface area contributed by atoms with Gasteiger partial charge in [0.05, 0.1) is 22.7 Å². The third-order valence-electron chi connectivity index (χ3n) is 3.18. The Morgan fingerprint density at radius 3 is 2.75 bits per heavy atom. The van der Waals surface area contributed by atoms with E-state index in [1.54, 1.807) is 17.4 Å². The number of carbonyl (C=O) groups is 2. The molecule has 0 radical (unpaired) electrons. The van der Waals surface area contributed by atoms with Gasteiger partial charge >= 0.3 is 0 Å². The number of thiophene rings is 1. The molecule has 0 aliphatic rings. The normalized spacial score (nSPS) is 10.5. The Bertz CT molecular complexity index is 891. The second-order valence-electron chi connectivity index (χ2n) is 4.94. The molecule has 8 heteroatoms. The highest BCUT2D eigenvalue weighted by atomic mass is 35.5. The van der Waals surface area contributed by atoms with E-state index in [1.807, 2.05) is 22.2 Å². The molecular weight excluding hydrogens is 366 g/mol. The second kappa shape index (κ2) is 7.12. The molecule has 2 amide bonds. The summed E-state index contributed by atoms with van der Waals surface area (Å²) < 4.78 is 0. The van der Waals surface area contributed by atoms with Gasteiger partial charge in [0.15, 0.2) is 0 Å². The Labute approximate surface area is 151 Å². The van der Waals surface area contributed by atoms with Crippen LogP contribution in [0, 0.1) is 0 Å². The van der Waals surface area contributed by atoms with Crippen molar-refractivity contribution in [2.75, 3.05) is 5.32 Å². The fourth-order valence-corrected chi connectivity index (χ4v) is 3.87. The van der Waals surface area contributed by atoms with Gasteiger partial charge in [-0.05, 0) is 29.6 Å². The first-order valence-electron chi connectivity index (χ1n) is 6.89. The Kier molecular flexibility index (Phi) is 4.94. The first-order valence-corrected chi connectivity index (χ1v) is 9.09. The van der Waals surface area contributed by atoms with Crippen LogP contribution in [0.15, 0.2) is 40.4 Å². The van der Waals surface area contributed by atoms with Crippen LogP contribution in [0.4, 0.5) is 5.69 Å². The Morgan fingerprint density at radius 2 is 2.08 bits per heavy atom. The van der Waals surface area contributed by atoms with E-state index in [1.165, 1.54) is 23.5 Å². The van der Waals surface area contributed by atoms with Gasteiger partial charge < -0.3 is 11.1 Å². The molecule has 0 atom stereocenters. The summed E-state index contributed by atoms with van der Waals surface area (Å²) in [6.45, 7) is 0. The van der Waals surface area contributed by atoms with Crippen LogP contribution in [0.25, 0.3) is 10.6 Å². The minimum Gasteiger partial charge on any atom is -0.366 e. The molecule has 3 aromatic rings. The van der Waals surface area contributed by atoms with Crippen molar-refractivity contribution in [2.45, 2.75) is 6.42 Å². The third kappa shape index (κ3) is 3.81. The van der Waals surface area contributed by atoms with Crippen LogP contribution in [-0.4, -0.2) is 16.8 Å². The molecule has 2 heterocycles. The standard InChI is InChI=1S/C16H12ClN3O2S2/c17-13-5-10(1-2-12(13)15(18)22)19-14(21)6-11-8-24-16(20-11)9-3-4-23-7-9/h1-5,7-8H,6H2,(H2,18,22)(H,19,21). The fraction of sp³-hybridized carbons (Fsp3) is 0.0625. The molecule has 0 spiro atoms. The van der Waals surface area contributed by atoms with Crippen molar-refractivity contribution >= 4 is 51.8 Å². The number of aromatic nitrogens is 1. The van der Waals surface area contributed by atoms with Gasteiger partial charge in [-0.2, -0.15) is 11.3 Å². The van der Waals surface area contributed by atoms with Crippen LogP contribution in [0.5, 0.6) is 0 Å². The molecule has 5 nitrogen and oxygen atoms in total. The topological polar surface area (TPSA) is 85.1 Å². The van der Waals surface area contributed by atoms with Crippen molar-refractivity contribution in [2.24, 2.45) is 5.73 Å². The van der Waals surface area contributed by atoms with Crippen molar-refractivity contribution < 1.29 is 9.59 Å². The summed E-state index contributed by atoms with van der Waals surface area (Å²) in [6, 6.07) is 6.56. The van der Waals surface area contributed by atoms with Gasteiger partial charge in [-0.25, -0.2) is 4.98 Å². The minimum absolute atomic E-state index is 0.163. The van der Waals surface area contributed by atoms with Crippen LogP contribution < -0.4 is 11.1 Å². The van der Waals surface area contributed by atoms with Gasteiger partial charge in [-0.15, -0.1) is 11.3 Å². The molecule has 0 fully saturated rings. The van der Waals surface area contributed by atoms with E-state index >= 15 is 0 Å².